The van der Waals surface area contributed by atoms with E-state index in [4.69, 9.17) is 0 Å². The average Bonchev–Trinajstić information content (AvgIpc) is 2.51. The number of hydrogen-bond donors (Lipinski definition) is 1. The molecule has 1 aromatic rings. The predicted molar refractivity (Wildman–Crippen MR) is 114 cm³/mol. The molecule has 5 heteroatoms. The van der Waals surface area contributed by atoms with Crippen molar-refractivity contribution in [3.05, 3.63) is 23.8 Å². The van der Waals surface area contributed by atoms with Crippen LogP contribution in [-0.4, -0.2) is 37.4 Å². The Morgan fingerprint density at radius 3 is 2.11 bits per heavy atom. The molecule has 5 nitrogen and oxygen atoms in total. The van der Waals surface area contributed by atoms with Gasteiger partial charge in [-0.2, -0.15) is 0 Å². The minimum absolute atomic E-state index is 0.0193. The van der Waals surface area contributed by atoms with Crippen LogP contribution in [0.15, 0.2) is 18.2 Å². The normalized spacial score (nSPS) is 11.2. The molecule has 0 spiro atoms. The van der Waals surface area contributed by atoms with E-state index in [0.717, 1.165) is 16.9 Å². The van der Waals surface area contributed by atoms with E-state index in [9.17, 15) is 9.59 Å². The number of benzene rings is 1. The van der Waals surface area contributed by atoms with Crippen LogP contribution in [-0.2, 0) is 16.1 Å². The fraction of sp³-hybridized carbons (Fsp3) is 0.636. The number of nitrogens with one attached hydrogen (secondary N) is 1. The third-order valence-corrected chi connectivity index (χ3v) is 4.19. The Morgan fingerprint density at radius 1 is 1.00 bits per heavy atom. The number of anilines is 2. The number of amides is 2. The molecule has 0 heterocycles. The molecule has 0 fully saturated rings. The summed E-state index contributed by atoms with van der Waals surface area (Å²) in [5.41, 5.74) is 2.88. The molecule has 0 atom stereocenters. The number of nitrogens with zero attached hydrogens (tertiary/aromatic N) is 2. The van der Waals surface area contributed by atoms with Gasteiger partial charge < -0.3 is 15.1 Å². The highest BCUT2D eigenvalue weighted by Crippen LogP contribution is 2.26. The molecule has 0 aliphatic heterocycles. The molecule has 152 valence electrons. The maximum Gasteiger partial charge on any atom is 0.225 e. The van der Waals surface area contributed by atoms with Crippen molar-refractivity contribution in [3.8, 4) is 0 Å². The molecular weight excluding hydrogens is 338 g/mol. The van der Waals surface area contributed by atoms with Crippen molar-refractivity contribution in [2.75, 3.05) is 30.9 Å². The third kappa shape index (κ3) is 7.61. The highest BCUT2D eigenvalue weighted by atomic mass is 16.2. The highest BCUT2D eigenvalue weighted by Gasteiger charge is 2.20. The molecule has 0 radical (unpaired) electrons. The topological polar surface area (TPSA) is 52.7 Å². The largest absolute Gasteiger partial charge is 0.377 e. The smallest absolute Gasteiger partial charge is 0.225 e. The van der Waals surface area contributed by atoms with Crippen molar-refractivity contribution in [1.82, 2.24) is 4.90 Å². The van der Waals surface area contributed by atoms with E-state index in [0.29, 0.717) is 31.3 Å². The molecule has 0 saturated heterocycles. The van der Waals surface area contributed by atoms with Crippen molar-refractivity contribution >= 4 is 23.2 Å². The Morgan fingerprint density at radius 2 is 1.63 bits per heavy atom. The van der Waals surface area contributed by atoms with E-state index in [1.165, 1.54) is 0 Å². The van der Waals surface area contributed by atoms with Crippen LogP contribution in [0.1, 0.15) is 53.5 Å². The first kappa shape index (κ1) is 23.0. The van der Waals surface area contributed by atoms with Crippen molar-refractivity contribution in [2.24, 2.45) is 17.8 Å². The molecule has 0 aliphatic carbocycles. The van der Waals surface area contributed by atoms with Crippen LogP contribution in [0.4, 0.5) is 11.4 Å². The van der Waals surface area contributed by atoms with Crippen molar-refractivity contribution in [3.63, 3.8) is 0 Å². The minimum atomic E-state index is -0.0412. The van der Waals surface area contributed by atoms with Gasteiger partial charge in [0.25, 0.3) is 0 Å². The van der Waals surface area contributed by atoms with Gasteiger partial charge in [0, 0.05) is 50.9 Å². The summed E-state index contributed by atoms with van der Waals surface area (Å²) in [5, 5.41) is 2.98. The number of rotatable bonds is 9. The van der Waals surface area contributed by atoms with E-state index in [-0.39, 0.29) is 17.7 Å². The summed E-state index contributed by atoms with van der Waals surface area (Å²) in [4.78, 5) is 28.8. The minimum Gasteiger partial charge on any atom is -0.377 e. The molecular formula is C22H37N3O2. The van der Waals surface area contributed by atoms with Gasteiger partial charge >= 0.3 is 0 Å². The first-order valence-corrected chi connectivity index (χ1v) is 9.90. The SMILES string of the molecule is CC(C)CC(=O)Nc1ccc(N(C)C)c(CN(CC(C)C)C(=O)C(C)C)c1. The van der Waals surface area contributed by atoms with E-state index < -0.39 is 0 Å². The first-order valence-electron chi connectivity index (χ1n) is 9.90. The molecule has 1 aromatic carbocycles. The molecule has 2 amide bonds. The van der Waals surface area contributed by atoms with Gasteiger partial charge in [0.1, 0.15) is 0 Å². The predicted octanol–water partition coefficient (Wildman–Crippen LogP) is 4.38. The second-order valence-corrected chi connectivity index (χ2v) is 8.65. The summed E-state index contributed by atoms with van der Waals surface area (Å²) in [6.07, 6.45) is 0.496. The lowest BCUT2D eigenvalue weighted by Crippen LogP contribution is -2.37. The van der Waals surface area contributed by atoms with E-state index in [1.807, 2.05) is 69.8 Å². The van der Waals surface area contributed by atoms with Crippen LogP contribution in [0, 0.1) is 17.8 Å². The maximum atomic E-state index is 12.7. The van der Waals surface area contributed by atoms with Gasteiger partial charge in [0.15, 0.2) is 0 Å². The standard InChI is InChI=1S/C22H37N3O2/c1-15(2)11-21(26)23-19-9-10-20(24(7)8)18(12-19)14-25(13-16(3)4)22(27)17(5)6/h9-10,12,15-17H,11,13-14H2,1-8H3,(H,23,26). The number of carbonyl (C=O) groups excluding carboxylic acids is 2. The van der Waals surface area contributed by atoms with Gasteiger partial charge in [-0.15, -0.1) is 0 Å². The number of hydrogen-bond acceptors (Lipinski definition) is 3. The Balaban J connectivity index is 3.14. The molecule has 0 aliphatic rings. The van der Waals surface area contributed by atoms with E-state index in [1.54, 1.807) is 0 Å². The Kier molecular flexibility index (Phi) is 8.80. The summed E-state index contributed by atoms with van der Waals surface area (Å²) < 4.78 is 0. The van der Waals surface area contributed by atoms with Gasteiger partial charge in [-0.1, -0.05) is 41.5 Å². The molecule has 0 unspecified atom stereocenters. The second-order valence-electron chi connectivity index (χ2n) is 8.65. The third-order valence-electron chi connectivity index (χ3n) is 4.19. The lowest BCUT2D eigenvalue weighted by atomic mass is 10.1. The van der Waals surface area contributed by atoms with Gasteiger partial charge in [-0.3, -0.25) is 9.59 Å². The quantitative estimate of drug-likeness (QED) is 0.697. The molecule has 27 heavy (non-hydrogen) atoms. The van der Waals surface area contributed by atoms with Crippen LogP contribution in [0.25, 0.3) is 0 Å². The van der Waals surface area contributed by atoms with Crippen LogP contribution in [0.3, 0.4) is 0 Å². The monoisotopic (exact) mass is 375 g/mol. The zero-order valence-electron chi connectivity index (χ0n) is 18.3. The van der Waals surface area contributed by atoms with Crippen LogP contribution < -0.4 is 10.2 Å². The zero-order valence-corrected chi connectivity index (χ0v) is 18.3. The lowest BCUT2D eigenvalue weighted by molar-refractivity contribution is -0.135. The summed E-state index contributed by atoms with van der Waals surface area (Å²) in [7, 11) is 3.99. The molecule has 0 saturated carbocycles. The number of carbonyl (C=O) groups is 2. The Bertz CT molecular complexity index is 636. The van der Waals surface area contributed by atoms with E-state index in [2.05, 4.69) is 19.2 Å². The summed E-state index contributed by atoms with van der Waals surface area (Å²) >= 11 is 0. The van der Waals surface area contributed by atoms with Crippen LogP contribution in [0.5, 0.6) is 0 Å². The van der Waals surface area contributed by atoms with E-state index >= 15 is 0 Å². The van der Waals surface area contributed by atoms with Crippen LogP contribution in [0.2, 0.25) is 0 Å². The maximum absolute atomic E-state index is 12.7. The van der Waals surface area contributed by atoms with Crippen molar-refractivity contribution in [2.45, 2.75) is 54.5 Å². The summed E-state index contributed by atoms with van der Waals surface area (Å²) in [5.74, 6) is 0.842. The van der Waals surface area contributed by atoms with Gasteiger partial charge in [-0.25, -0.2) is 0 Å². The highest BCUT2D eigenvalue weighted by molar-refractivity contribution is 5.91. The fourth-order valence-electron chi connectivity index (χ4n) is 3.05. The van der Waals surface area contributed by atoms with Crippen LogP contribution >= 0.6 is 0 Å². The molecule has 0 aromatic heterocycles. The zero-order chi connectivity index (χ0) is 20.7. The van der Waals surface area contributed by atoms with Gasteiger partial charge in [0.2, 0.25) is 11.8 Å². The summed E-state index contributed by atoms with van der Waals surface area (Å²) in [6.45, 7) is 13.4. The fourth-order valence-corrected chi connectivity index (χ4v) is 3.05. The summed E-state index contributed by atoms with van der Waals surface area (Å²) in [6, 6.07) is 5.93. The van der Waals surface area contributed by atoms with Crippen molar-refractivity contribution < 1.29 is 9.59 Å². The van der Waals surface area contributed by atoms with Gasteiger partial charge in [-0.05, 0) is 35.6 Å². The second kappa shape index (κ2) is 10.3. The molecule has 0 bridgehead atoms. The lowest BCUT2D eigenvalue weighted by Gasteiger charge is -2.29. The van der Waals surface area contributed by atoms with Gasteiger partial charge in [0.05, 0.1) is 0 Å². The average molecular weight is 376 g/mol. The van der Waals surface area contributed by atoms with Crippen molar-refractivity contribution in [1.29, 1.82) is 0 Å². The Hall–Kier alpha value is -2.04. The Labute approximate surface area is 165 Å². The first-order chi connectivity index (χ1) is 12.5. The molecule has 1 N–H and O–H groups in total. The molecule has 1 rings (SSSR count).